The van der Waals surface area contributed by atoms with E-state index < -0.39 is 33.9 Å². The molecule has 0 radical (unpaired) electrons. The van der Waals surface area contributed by atoms with Gasteiger partial charge in [-0.05, 0) is 84.0 Å². The van der Waals surface area contributed by atoms with Crippen molar-refractivity contribution in [1.82, 2.24) is 5.32 Å². The van der Waals surface area contributed by atoms with Gasteiger partial charge in [0, 0.05) is 10.0 Å². The van der Waals surface area contributed by atoms with Crippen molar-refractivity contribution < 1.29 is 27.9 Å². The summed E-state index contributed by atoms with van der Waals surface area (Å²) in [7, 11) is -4.06. The fourth-order valence-electron chi connectivity index (χ4n) is 5.35. The molecule has 0 fully saturated rings. The zero-order valence-corrected chi connectivity index (χ0v) is 30.6. The third kappa shape index (κ3) is 9.06. The highest BCUT2D eigenvalue weighted by Crippen LogP contribution is 2.33. The number of hydrogen-bond donors (Lipinski definition) is 3. The van der Waals surface area contributed by atoms with Crippen molar-refractivity contribution >= 4 is 43.3 Å². The Morgan fingerprint density at radius 2 is 1.48 bits per heavy atom. The number of sulfonamides is 1. The lowest BCUT2D eigenvalue weighted by Crippen LogP contribution is -2.46. The van der Waals surface area contributed by atoms with Gasteiger partial charge in [-0.2, -0.15) is 0 Å². The summed E-state index contributed by atoms with van der Waals surface area (Å²) >= 11 is 3.36. The number of Topliss-reactive ketones (excluding diaryl/α,β-unsaturated/α-hetero) is 1. The largest absolute Gasteiger partial charge is 0.457 e. The third-order valence-electron chi connectivity index (χ3n) is 8.12. The fraction of sp³-hybridized carbons (Fsp3) is 0.200. The fourth-order valence-corrected chi connectivity index (χ4v) is 6.79. The van der Waals surface area contributed by atoms with Crippen molar-refractivity contribution in [3.63, 3.8) is 0 Å². The van der Waals surface area contributed by atoms with E-state index in [1.54, 1.807) is 18.2 Å². The zero-order valence-electron chi connectivity index (χ0n) is 28.2. The number of nitrogens with one attached hydrogen (secondary N) is 2. The number of amides is 1. The standard InChI is InChI=1S/C40H39BrN2O6S/c1-26(44)38(45)36(24-27-14-16-28(17-15-27)33-12-8-9-13-37(33)49-31-10-6-5-7-11-31)42-39(46)34-25-30(41)20-23-35(34)43-50(47,48)32-21-18-29(19-22-32)40(2,3)4/h5-23,25-26,36,43-44H,24H2,1-4H3,(H,42,46)/t26?,36-/m0/s1. The van der Waals surface area contributed by atoms with Crippen LogP contribution in [-0.2, 0) is 26.7 Å². The molecule has 0 spiro atoms. The molecule has 258 valence electrons. The summed E-state index contributed by atoms with van der Waals surface area (Å²) in [6.45, 7) is 7.45. The summed E-state index contributed by atoms with van der Waals surface area (Å²) in [4.78, 5) is 27.0. The number of para-hydroxylation sites is 2. The second-order valence-electron chi connectivity index (χ2n) is 13.0. The van der Waals surface area contributed by atoms with Gasteiger partial charge in [0.05, 0.1) is 22.2 Å². The lowest BCUT2D eigenvalue weighted by molar-refractivity contribution is -0.128. The molecule has 5 rings (SSSR count). The van der Waals surface area contributed by atoms with Crippen LogP contribution in [0.15, 0.2) is 131 Å². The summed E-state index contributed by atoms with van der Waals surface area (Å²) in [5, 5.41) is 13.0. The summed E-state index contributed by atoms with van der Waals surface area (Å²) in [6, 6.07) is 34.7. The second kappa shape index (κ2) is 15.4. The van der Waals surface area contributed by atoms with E-state index in [4.69, 9.17) is 4.74 Å². The van der Waals surface area contributed by atoms with E-state index in [1.165, 1.54) is 31.2 Å². The molecule has 0 heterocycles. The first kappa shape index (κ1) is 36.5. The molecule has 5 aromatic carbocycles. The molecular weight excluding hydrogens is 716 g/mol. The molecule has 1 unspecified atom stereocenters. The van der Waals surface area contributed by atoms with Crippen LogP contribution in [0, 0.1) is 0 Å². The van der Waals surface area contributed by atoms with Crippen LogP contribution in [0.25, 0.3) is 11.1 Å². The number of aliphatic hydroxyl groups is 1. The third-order valence-corrected chi connectivity index (χ3v) is 10.00. The SMILES string of the molecule is CC(O)C(=O)[C@H](Cc1ccc(-c2ccccc2Oc2ccccc2)cc1)NC(=O)c1cc(Br)ccc1NS(=O)(=O)c1ccc(C(C)(C)C)cc1. The maximum absolute atomic E-state index is 13.7. The van der Waals surface area contributed by atoms with E-state index in [9.17, 15) is 23.1 Å². The smallest absolute Gasteiger partial charge is 0.261 e. The number of carbonyl (C=O) groups is 2. The topological polar surface area (TPSA) is 122 Å². The molecule has 1 amide bonds. The molecule has 0 saturated carbocycles. The summed E-state index contributed by atoms with van der Waals surface area (Å²) in [5.41, 5.74) is 3.37. The highest BCUT2D eigenvalue weighted by molar-refractivity contribution is 9.10. The molecule has 0 bridgehead atoms. The van der Waals surface area contributed by atoms with Crippen LogP contribution in [0.1, 0.15) is 49.2 Å². The van der Waals surface area contributed by atoms with Gasteiger partial charge in [-0.15, -0.1) is 0 Å². The number of ketones is 1. The number of rotatable bonds is 12. The van der Waals surface area contributed by atoms with Crippen LogP contribution in [-0.4, -0.2) is 37.4 Å². The molecule has 0 aliphatic carbocycles. The Morgan fingerprint density at radius 3 is 2.12 bits per heavy atom. The van der Waals surface area contributed by atoms with Gasteiger partial charge in [-0.25, -0.2) is 8.42 Å². The number of ether oxygens (including phenoxy) is 1. The van der Waals surface area contributed by atoms with Gasteiger partial charge in [0.15, 0.2) is 5.78 Å². The number of anilines is 1. The number of benzene rings is 5. The quantitative estimate of drug-likeness (QED) is 0.118. The van der Waals surface area contributed by atoms with Gasteiger partial charge in [-0.3, -0.25) is 14.3 Å². The number of halogens is 1. The number of hydrogen-bond acceptors (Lipinski definition) is 6. The molecule has 0 aliphatic rings. The highest BCUT2D eigenvalue weighted by atomic mass is 79.9. The molecule has 3 N–H and O–H groups in total. The maximum atomic E-state index is 13.7. The minimum absolute atomic E-state index is 0.00280. The van der Waals surface area contributed by atoms with E-state index in [-0.39, 0.29) is 28.0 Å². The van der Waals surface area contributed by atoms with Crippen LogP contribution in [0.4, 0.5) is 5.69 Å². The Morgan fingerprint density at radius 1 is 0.840 bits per heavy atom. The Kier molecular flexibility index (Phi) is 11.3. The van der Waals surface area contributed by atoms with Crippen molar-refractivity contribution in [3.05, 3.63) is 142 Å². The molecule has 50 heavy (non-hydrogen) atoms. The molecule has 10 heteroatoms. The van der Waals surface area contributed by atoms with Gasteiger partial charge in [0.2, 0.25) is 0 Å². The highest BCUT2D eigenvalue weighted by Gasteiger charge is 2.27. The first-order valence-electron chi connectivity index (χ1n) is 16.1. The van der Waals surface area contributed by atoms with Gasteiger partial charge < -0.3 is 15.2 Å². The molecular formula is C40H39BrN2O6S. The predicted octanol–water partition coefficient (Wildman–Crippen LogP) is 8.30. The van der Waals surface area contributed by atoms with Crippen LogP contribution >= 0.6 is 15.9 Å². The Bertz CT molecular complexity index is 2080. The minimum atomic E-state index is -4.06. The van der Waals surface area contributed by atoms with Crippen LogP contribution < -0.4 is 14.8 Å². The Labute approximate surface area is 301 Å². The van der Waals surface area contributed by atoms with Gasteiger partial charge >= 0.3 is 0 Å². The van der Waals surface area contributed by atoms with Crippen molar-refractivity contribution in [2.24, 2.45) is 0 Å². The number of carbonyl (C=O) groups excluding carboxylic acids is 2. The minimum Gasteiger partial charge on any atom is -0.457 e. The Hall–Kier alpha value is -4.77. The maximum Gasteiger partial charge on any atom is 0.261 e. The summed E-state index contributed by atoms with van der Waals surface area (Å²) in [6.07, 6.45) is -1.26. The monoisotopic (exact) mass is 754 g/mol. The molecule has 8 nitrogen and oxygen atoms in total. The molecule has 0 aliphatic heterocycles. The normalized spacial score (nSPS) is 12.8. The average molecular weight is 756 g/mol. The summed E-state index contributed by atoms with van der Waals surface area (Å²) in [5.74, 6) is 0.126. The van der Waals surface area contributed by atoms with Crippen molar-refractivity contribution in [2.75, 3.05) is 4.72 Å². The van der Waals surface area contributed by atoms with Crippen molar-refractivity contribution in [1.29, 1.82) is 0 Å². The lowest BCUT2D eigenvalue weighted by atomic mass is 9.87. The van der Waals surface area contributed by atoms with E-state index >= 15 is 0 Å². The van der Waals surface area contributed by atoms with E-state index in [0.717, 1.165) is 22.3 Å². The predicted molar refractivity (Wildman–Crippen MR) is 200 cm³/mol. The molecule has 0 saturated heterocycles. The average Bonchev–Trinajstić information content (AvgIpc) is 3.09. The van der Waals surface area contributed by atoms with Gasteiger partial charge in [0.1, 0.15) is 17.6 Å². The number of aliphatic hydroxyl groups excluding tert-OH is 1. The second-order valence-corrected chi connectivity index (χ2v) is 15.6. The summed E-state index contributed by atoms with van der Waals surface area (Å²) < 4.78 is 35.9. The van der Waals surface area contributed by atoms with Crippen molar-refractivity contribution in [2.45, 2.75) is 56.6 Å². The van der Waals surface area contributed by atoms with E-state index in [2.05, 4.69) is 26.0 Å². The molecule has 5 aromatic rings. The van der Waals surface area contributed by atoms with E-state index in [1.807, 2.05) is 99.6 Å². The van der Waals surface area contributed by atoms with Crippen molar-refractivity contribution in [3.8, 4) is 22.6 Å². The molecule has 0 aromatic heterocycles. The van der Waals surface area contributed by atoms with Crippen LogP contribution in [0.2, 0.25) is 0 Å². The molecule has 2 atom stereocenters. The zero-order chi connectivity index (χ0) is 36.1. The van der Waals surface area contributed by atoms with Gasteiger partial charge in [-0.1, -0.05) is 109 Å². The lowest BCUT2D eigenvalue weighted by Gasteiger charge is -2.21. The first-order valence-corrected chi connectivity index (χ1v) is 18.4. The van der Waals surface area contributed by atoms with Crippen LogP contribution in [0.5, 0.6) is 11.5 Å². The first-order chi connectivity index (χ1) is 23.7. The van der Waals surface area contributed by atoms with Gasteiger partial charge in [0.25, 0.3) is 15.9 Å². The Balaban J connectivity index is 1.36. The van der Waals surface area contributed by atoms with E-state index in [0.29, 0.717) is 16.0 Å². The van der Waals surface area contributed by atoms with Crippen LogP contribution in [0.3, 0.4) is 0 Å².